The van der Waals surface area contributed by atoms with Crippen LogP contribution in [0.15, 0.2) is 24.3 Å². The van der Waals surface area contributed by atoms with E-state index in [0.717, 1.165) is 18.9 Å². The first-order valence-corrected chi connectivity index (χ1v) is 6.63. The fourth-order valence-electron chi connectivity index (χ4n) is 2.66. The van der Waals surface area contributed by atoms with Gasteiger partial charge in [0, 0.05) is 0 Å². The molecule has 0 saturated heterocycles. The lowest BCUT2D eigenvalue weighted by atomic mass is 9.84. The van der Waals surface area contributed by atoms with Gasteiger partial charge in [-0.15, -0.1) is 0 Å². The normalized spacial score (nSPS) is 17.6. The molecule has 1 aliphatic carbocycles. The van der Waals surface area contributed by atoms with Gasteiger partial charge in [0.1, 0.15) is 0 Å². The van der Waals surface area contributed by atoms with E-state index in [9.17, 15) is 0 Å². The highest BCUT2D eigenvalue weighted by atomic mass is 14.8. The Morgan fingerprint density at radius 1 is 1.06 bits per heavy atom. The number of benzene rings is 1. The summed E-state index contributed by atoms with van der Waals surface area (Å²) in [4.78, 5) is 0. The molecule has 1 nitrogen and oxygen atoms in total. The second-order valence-corrected chi connectivity index (χ2v) is 4.93. The third kappa shape index (κ3) is 3.08. The fraction of sp³-hybridized carbons (Fsp3) is 0.600. The lowest BCUT2D eigenvalue weighted by Crippen LogP contribution is -2.10. The second-order valence-electron chi connectivity index (χ2n) is 4.93. The van der Waals surface area contributed by atoms with Gasteiger partial charge >= 0.3 is 0 Å². The molecule has 1 fully saturated rings. The Kier molecular flexibility index (Phi) is 4.41. The van der Waals surface area contributed by atoms with Crippen molar-refractivity contribution in [3.05, 3.63) is 35.4 Å². The van der Waals surface area contributed by atoms with Crippen LogP contribution in [-0.4, -0.2) is 13.6 Å². The molecule has 1 heteroatoms. The average Bonchev–Trinajstić information content (AvgIpc) is 2.38. The molecule has 1 aliphatic rings. The second kappa shape index (κ2) is 6.05. The summed E-state index contributed by atoms with van der Waals surface area (Å²) in [6, 6.07) is 9.31. The maximum Gasteiger partial charge on any atom is -0.00114 e. The summed E-state index contributed by atoms with van der Waals surface area (Å²) in [5.74, 6) is 0.840. The summed E-state index contributed by atoms with van der Waals surface area (Å²) in [6.07, 6.45) is 8.22. The first-order chi connectivity index (χ1) is 7.90. The molecule has 1 aromatic rings. The highest BCUT2D eigenvalue weighted by Gasteiger charge is 2.14. The molecule has 1 N–H and O–H groups in total. The van der Waals surface area contributed by atoms with Gasteiger partial charge in [0.25, 0.3) is 0 Å². The molecule has 0 bridgehead atoms. The van der Waals surface area contributed by atoms with E-state index >= 15 is 0 Å². The number of likely N-dealkylation sites (N-methyl/N-ethyl adjacent to an activating group) is 1. The van der Waals surface area contributed by atoms with Crippen LogP contribution in [0.3, 0.4) is 0 Å². The molecule has 1 saturated carbocycles. The van der Waals surface area contributed by atoms with Gasteiger partial charge in [0.15, 0.2) is 0 Å². The fourth-order valence-corrected chi connectivity index (χ4v) is 2.66. The smallest absolute Gasteiger partial charge is 0.00114 e. The van der Waals surface area contributed by atoms with Gasteiger partial charge in [-0.05, 0) is 49.9 Å². The monoisotopic (exact) mass is 217 g/mol. The zero-order chi connectivity index (χ0) is 11.2. The first-order valence-electron chi connectivity index (χ1n) is 6.63. The highest BCUT2D eigenvalue weighted by Crippen LogP contribution is 2.32. The summed E-state index contributed by atoms with van der Waals surface area (Å²) in [5, 5.41) is 3.19. The molecule has 88 valence electrons. The number of hydrogen-bond donors (Lipinski definition) is 1. The van der Waals surface area contributed by atoms with Crippen LogP contribution in [-0.2, 0) is 6.42 Å². The van der Waals surface area contributed by atoms with Crippen molar-refractivity contribution in [2.24, 2.45) is 0 Å². The molecular formula is C15H23N. The van der Waals surface area contributed by atoms with Crippen molar-refractivity contribution < 1.29 is 0 Å². The third-order valence-corrected chi connectivity index (χ3v) is 3.72. The van der Waals surface area contributed by atoms with Gasteiger partial charge in [-0.2, -0.15) is 0 Å². The van der Waals surface area contributed by atoms with E-state index in [1.165, 1.54) is 37.7 Å². The van der Waals surface area contributed by atoms with Crippen LogP contribution in [0.5, 0.6) is 0 Å². The molecule has 0 aromatic heterocycles. The molecule has 1 aromatic carbocycles. The summed E-state index contributed by atoms with van der Waals surface area (Å²) in [5.41, 5.74) is 3.02. The van der Waals surface area contributed by atoms with Gasteiger partial charge in [-0.3, -0.25) is 0 Å². The standard InChI is InChI=1S/C15H23N/c1-16-12-11-13-7-9-15(10-8-13)14-5-3-2-4-6-14/h7-10,14,16H,2-6,11-12H2,1H3. The Morgan fingerprint density at radius 2 is 1.75 bits per heavy atom. The molecule has 0 unspecified atom stereocenters. The molecule has 0 aliphatic heterocycles. The van der Waals surface area contributed by atoms with Crippen molar-refractivity contribution in [1.82, 2.24) is 5.32 Å². The average molecular weight is 217 g/mol. The van der Waals surface area contributed by atoms with Crippen LogP contribution in [0.4, 0.5) is 0 Å². The topological polar surface area (TPSA) is 12.0 Å². The Labute approximate surface area is 99.3 Å². The number of hydrogen-bond acceptors (Lipinski definition) is 1. The van der Waals surface area contributed by atoms with Gasteiger partial charge in [0.2, 0.25) is 0 Å². The minimum atomic E-state index is 0.840. The maximum absolute atomic E-state index is 3.19. The minimum absolute atomic E-state index is 0.840. The zero-order valence-electron chi connectivity index (χ0n) is 10.3. The Morgan fingerprint density at radius 3 is 2.38 bits per heavy atom. The Hall–Kier alpha value is -0.820. The number of rotatable bonds is 4. The van der Waals surface area contributed by atoms with Crippen molar-refractivity contribution in [3.8, 4) is 0 Å². The predicted octanol–water partition coefficient (Wildman–Crippen LogP) is 3.50. The van der Waals surface area contributed by atoms with E-state index in [-0.39, 0.29) is 0 Å². The molecule has 2 rings (SSSR count). The zero-order valence-corrected chi connectivity index (χ0v) is 10.3. The lowest BCUT2D eigenvalue weighted by Gasteiger charge is -2.22. The van der Waals surface area contributed by atoms with E-state index < -0.39 is 0 Å². The largest absolute Gasteiger partial charge is 0.319 e. The third-order valence-electron chi connectivity index (χ3n) is 3.72. The van der Waals surface area contributed by atoms with Crippen molar-refractivity contribution in [2.75, 3.05) is 13.6 Å². The Balaban J connectivity index is 1.95. The molecule has 0 spiro atoms. The first kappa shape index (κ1) is 11.7. The molecule has 16 heavy (non-hydrogen) atoms. The summed E-state index contributed by atoms with van der Waals surface area (Å²) in [7, 11) is 2.01. The molecular weight excluding hydrogens is 194 g/mol. The molecule has 0 amide bonds. The lowest BCUT2D eigenvalue weighted by molar-refractivity contribution is 0.443. The van der Waals surface area contributed by atoms with Crippen molar-refractivity contribution in [3.63, 3.8) is 0 Å². The summed E-state index contributed by atoms with van der Waals surface area (Å²) in [6.45, 7) is 1.07. The van der Waals surface area contributed by atoms with Crippen LogP contribution in [0.2, 0.25) is 0 Å². The van der Waals surface area contributed by atoms with Crippen LogP contribution >= 0.6 is 0 Å². The molecule has 0 heterocycles. The van der Waals surface area contributed by atoms with E-state index in [4.69, 9.17) is 0 Å². The van der Waals surface area contributed by atoms with Crippen molar-refractivity contribution >= 4 is 0 Å². The van der Waals surface area contributed by atoms with Crippen molar-refractivity contribution in [1.29, 1.82) is 0 Å². The SMILES string of the molecule is CNCCc1ccc(C2CCCCC2)cc1. The Bertz CT molecular complexity index is 296. The maximum atomic E-state index is 3.19. The van der Waals surface area contributed by atoms with E-state index in [1.807, 2.05) is 7.05 Å². The van der Waals surface area contributed by atoms with E-state index in [1.54, 1.807) is 5.56 Å². The predicted molar refractivity (Wildman–Crippen MR) is 69.9 cm³/mol. The van der Waals surface area contributed by atoms with Crippen LogP contribution < -0.4 is 5.32 Å². The molecule has 0 radical (unpaired) electrons. The van der Waals surface area contributed by atoms with E-state index in [2.05, 4.69) is 29.6 Å². The summed E-state index contributed by atoms with van der Waals surface area (Å²) >= 11 is 0. The van der Waals surface area contributed by atoms with Gasteiger partial charge in [-0.25, -0.2) is 0 Å². The molecule has 0 atom stereocenters. The van der Waals surface area contributed by atoms with Gasteiger partial charge in [-0.1, -0.05) is 43.5 Å². The van der Waals surface area contributed by atoms with Crippen LogP contribution in [0.1, 0.15) is 49.1 Å². The highest BCUT2D eigenvalue weighted by molar-refractivity contribution is 5.25. The quantitative estimate of drug-likeness (QED) is 0.814. The van der Waals surface area contributed by atoms with Gasteiger partial charge < -0.3 is 5.32 Å². The van der Waals surface area contributed by atoms with E-state index in [0.29, 0.717) is 0 Å². The number of nitrogens with one attached hydrogen (secondary N) is 1. The van der Waals surface area contributed by atoms with Crippen LogP contribution in [0, 0.1) is 0 Å². The summed E-state index contributed by atoms with van der Waals surface area (Å²) < 4.78 is 0. The van der Waals surface area contributed by atoms with Crippen LogP contribution in [0.25, 0.3) is 0 Å². The van der Waals surface area contributed by atoms with Gasteiger partial charge in [0.05, 0.1) is 0 Å². The minimum Gasteiger partial charge on any atom is -0.319 e. The van der Waals surface area contributed by atoms with Crippen molar-refractivity contribution in [2.45, 2.75) is 44.4 Å².